The number of hydrogen-bond donors (Lipinski definition) is 0. The van der Waals surface area contributed by atoms with Gasteiger partial charge in [-0.3, -0.25) is 4.79 Å². The van der Waals surface area contributed by atoms with Crippen molar-refractivity contribution < 1.29 is 4.79 Å². The van der Waals surface area contributed by atoms with Gasteiger partial charge in [0.2, 0.25) is 0 Å². The van der Waals surface area contributed by atoms with Gasteiger partial charge in [0.25, 0.3) is 0 Å². The van der Waals surface area contributed by atoms with E-state index >= 15 is 0 Å². The Balaban J connectivity index is 2.44. The van der Waals surface area contributed by atoms with Gasteiger partial charge >= 0.3 is 0 Å². The second-order valence-corrected chi connectivity index (χ2v) is 3.86. The van der Waals surface area contributed by atoms with Crippen LogP contribution in [0.15, 0.2) is 0 Å². The van der Waals surface area contributed by atoms with Gasteiger partial charge in [-0.05, 0) is 19.8 Å². The molecule has 0 aromatic carbocycles. The summed E-state index contributed by atoms with van der Waals surface area (Å²) in [5, 5.41) is 0. The second kappa shape index (κ2) is 2.30. The van der Waals surface area contributed by atoms with Crippen molar-refractivity contribution >= 4 is 17.4 Å². The lowest BCUT2D eigenvalue weighted by Gasteiger charge is -2.25. The summed E-state index contributed by atoms with van der Waals surface area (Å²) < 4.78 is 0. The highest BCUT2D eigenvalue weighted by atomic mass is 35.5. The van der Waals surface area contributed by atoms with Gasteiger partial charge in [0.1, 0.15) is 5.78 Å². The van der Waals surface area contributed by atoms with Crippen LogP contribution in [-0.4, -0.2) is 10.7 Å². The Kier molecular flexibility index (Phi) is 1.80. The molecule has 1 aliphatic rings. The van der Waals surface area contributed by atoms with Crippen molar-refractivity contribution in [1.82, 2.24) is 0 Å². The molecular weight excluding hydrogens is 136 g/mol. The maximum atomic E-state index is 10.7. The maximum absolute atomic E-state index is 10.7. The van der Waals surface area contributed by atoms with E-state index in [1.807, 2.05) is 6.92 Å². The van der Waals surface area contributed by atoms with Gasteiger partial charge in [0.05, 0.1) is 0 Å². The molecular formula is C7H11ClO. The van der Waals surface area contributed by atoms with E-state index in [-0.39, 0.29) is 4.87 Å². The Morgan fingerprint density at radius 1 is 1.44 bits per heavy atom. The van der Waals surface area contributed by atoms with Crippen LogP contribution in [0.1, 0.15) is 32.6 Å². The molecule has 0 saturated heterocycles. The molecule has 1 aliphatic carbocycles. The lowest BCUT2D eigenvalue weighted by Crippen LogP contribution is -2.24. The lowest BCUT2D eigenvalue weighted by molar-refractivity contribution is -0.120. The van der Waals surface area contributed by atoms with Crippen LogP contribution in [0.25, 0.3) is 0 Å². The average Bonchev–Trinajstić information content (AvgIpc) is 1.78. The van der Waals surface area contributed by atoms with Gasteiger partial charge in [-0.25, -0.2) is 0 Å². The number of carbonyl (C=O) groups is 1. The number of alkyl halides is 1. The summed E-state index contributed by atoms with van der Waals surface area (Å²) >= 11 is 5.99. The summed E-state index contributed by atoms with van der Waals surface area (Å²) in [6, 6.07) is 0. The molecule has 0 heterocycles. The van der Waals surface area contributed by atoms with E-state index < -0.39 is 0 Å². The summed E-state index contributed by atoms with van der Waals surface area (Å²) in [7, 11) is 0. The summed E-state index contributed by atoms with van der Waals surface area (Å²) in [5.41, 5.74) is 0. The van der Waals surface area contributed by atoms with E-state index in [0.717, 1.165) is 12.8 Å². The van der Waals surface area contributed by atoms with Crippen molar-refractivity contribution in [3.8, 4) is 0 Å². The zero-order valence-electron chi connectivity index (χ0n) is 5.61. The van der Waals surface area contributed by atoms with Crippen LogP contribution >= 0.6 is 11.6 Å². The molecule has 0 amide bonds. The third-order valence-electron chi connectivity index (χ3n) is 1.85. The number of rotatable bonds is 0. The first kappa shape index (κ1) is 7.07. The maximum Gasteiger partial charge on any atom is 0.133 e. The Labute approximate surface area is 60.4 Å². The van der Waals surface area contributed by atoms with Crippen molar-refractivity contribution in [1.29, 1.82) is 0 Å². The molecule has 0 N–H and O–H groups in total. The molecule has 1 fully saturated rings. The molecule has 0 spiro atoms. The number of Topliss-reactive ketones (excluding diaryl/α,β-unsaturated/α-hetero) is 1. The van der Waals surface area contributed by atoms with Crippen LogP contribution < -0.4 is 0 Å². The summed E-state index contributed by atoms with van der Waals surface area (Å²) in [5.74, 6) is 0.369. The van der Waals surface area contributed by atoms with Crippen LogP contribution in [0.4, 0.5) is 0 Å². The monoisotopic (exact) mass is 146 g/mol. The first-order valence-corrected chi connectivity index (χ1v) is 3.69. The van der Waals surface area contributed by atoms with Gasteiger partial charge in [-0.2, -0.15) is 0 Å². The molecule has 0 aliphatic heterocycles. The predicted molar refractivity (Wildman–Crippen MR) is 37.7 cm³/mol. The van der Waals surface area contributed by atoms with E-state index in [9.17, 15) is 4.79 Å². The van der Waals surface area contributed by atoms with Crippen molar-refractivity contribution in [2.24, 2.45) is 0 Å². The zero-order chi connectivity index (χ0) is 6.91. The fourth-order valence-electron chi connectivity index (χ4n) is 1.05. The highest BCUT2D eigenvalue weighted by Gasteiger charge is 2.26. The van der Waals surface area contributed by atoms with Gasteiger partial charge < -0.3 is 0 Å². The number of halogens is 1. The molecule has 0 bridgehead atoms. The molecule has 0 radical (unpaired) electrons. The van der Waals surface area contributed by atoms with Crippen LogP contribution in [0.5, 0.6) is 0 Å². The number of ketones is 1. The minimum atomic E-state index is -0.0894. The third kappa shape index (κ3) is 1.98. The van der Waals surface area contributed by atoms with E-state index in [0.29, 0.717) is 18.6 Å². The highest BCUT2D eigenvalue weighted by Crippen LogP contribution is 2.31. The molecule has 52 valence electrons. The Morgan fingerprint density at radius 2 is 1.89 bits per heavy atom. The van der Waals surface area contributed by atoms with Crippen molar-refractivity contribution in [2.75, 3.05) is 0 Å². The first-order valence-electron chi connectivity index (χ1n) is 3.31. The number of carbonyl (C=O) groups excluding carboxylic acids is 1. The Morgan fingerprint density at radius 3 is 2.22 bits per heavy atom. The second-order valence-electron chi connectivity index (χ2n) is 2.95. The molecule has 0 aromatic rings. The minimum absolute atomic E-state index is 0.0894. The van der Waals surface area contributed by atoms with Gasteiger partial charge in [0, 0.05) is 17.7 Å². The molecule has 1 saturated carbocycles. The van der Waals surface area contributed by atoms with E-state index in [1.165, 1.54) is 0 Å². The fraction of sp³-hybridized carbons (Fsp3) is 0.857. The van der Waals surface area contributed by atoms with E-state index in [1.54, 1.807) is 0 Å². The van der Waals surface area contributed by atoms with Crippen molar-refractivity contribution in [3.63, 3.8) is 0 Å². The lowest BCUT2D eigenvalue weighted by atomic mass is 9.89. The smallest absolute Gasteiger partial charge is 0.133 e. The van der Waals surface area contributed by atoms with Crippen molar-refractivity contribution in [3.05, 3.63) is 0 Å². The van der Waals surface area contributed by atoms with E-state index in [2.05, 4.69) is 0 Å². The van der Waals surface area contributed by atoms with Crippen LogP contribution in [0, 0.1) is 0 Å². The molecule has 1 nitrogen and oxygen atoms in total. The van der Waals surface area contributed by atoms with Gasteiger partial charge in [-0.1, -0.05) is 0 Å². The summed E-state index contributed by atoms with van der Waals surface area (Å²) in [6.07, 6.45) is 3.07. The van der Waals surface area contributed by atoms with E-state index in [4.69, 9.17) is 11.6 Å². The summed E-state index contributed by atoms with van der Waals surface area (Å²) in [6.45, 7) is 2.00. The molecule has 2 heteroatoms. The third-order valence-corrected chi connectivity index (χ3v) is 2.23. The molecule has 0 atom stereocenters. The van der Waals surface area contributed by atoms with Crippen LogP contribution in [0.3, 0.4) is 0 Å². The largest absolute Gasteiger partial charge is 0.300 e. The summed E-state index contributed by atoms with van der Waals surface area (Å²) in [4.78, 5) is 10.6. The van der Waals surface area contributed by atoms with Crippen molar-refractivity contribution in [2.45, 2.75) is 37.5 Å². The highest BCUT2D eigenvalue weighted by molar-refractivity contribution is 6.24. The SMILES string of the molecule is CC1(Cl)CCC(=O)CC1. The predicted octanol–water partition coefficient (Wildman–Crippen LogP) is 2.13. The molecule has 9 heavy (non-hydrogen) atoms. The van der Waals surface area contributed by atoms with Crippen LogP contribution in [-0.2, 0) is 4.79 Å². The van der Waals surface area contributed by atoms with Gasteiger partial charge in [-0.15, -0.1) is 11.6 Å². The molecule has 0 unspecified atom stereocenters. The Bertz CT molecular complexity index is 117. The topological polar surface area (TPSA) is 17.1 Å². The average molecular weight is 147 g/mol. The quantitative estimate of drug-likeness (QED) is 0.479. The first-order chi connectivity index (χ1) is 4.10. The minimum Gasteiger partial charge on any atom is -0.300 e. The number of hydrogen-bond acceptors (Lipinski definition) is 1. The normalized spacial score (nSPS) is 26.2. The fourth-order valence-corrected chi connectivity index (χ4v) is 1.24. The molecule has 1 rings (SSSR count). The molecule has 0 aromatic heterocycles. The standard InChI is InChI=1S/C7H11ClO/c1-7(8)4-2-6(9)3-5-7/h2-5H2,1H3. The van der Waals surface area contributed by atoms with Gasteiger partial charge in [0.15, 0.2) is 0 Å². The van der Waals surface area contributed by atoms with Crippen LogP contribution in [0.2, 0.25) is 0 Å². The Hall–Kier alpha value is -0.0400. The zero-order valence-corrected chi connectivity index (χ0v) is 6.37.